The van der Waals surface area contributed by atoms with E-state index in [-0.39, 0.29) is 12.5 Å². The molecule has 8 nitrogen and oxygen atoms in total. The molecule has 0 fully saturated rings. The number of rotatable bonds is 5. The molecule has 2 aromatic heterocycles. The Morgan fingerprint density at radius 3 is 2.77 bits per heavy atom. The van der Waals surface area contributed by atoms with Crippen molar-refractivity contribution in [2.75, 3.05) is 18.6 Å². The number of sulfonamides is 1. The fourth-order valence-corrected chi connectivity index (χ4v) is 4.96. The molecule has 1 N–H and O–H groups in total. The maximum Gasteiger partial charge on any atom is 0.223 e. The van der Waals surface area contributed by atoms with Crippen molar-refractivity contribution in [3.05, 3.63) is 46.2 Å². The Labute approximate surface area is 189 Å². The Balaban J connectivity index is 1.73. The van der Waals surface area contributed by atoms with Crippen LogP contribution in [0.15, 0.2) is 24.4 Å². The van der Waals surface area contributed by atoms with Crippen LogP contribution >= 0.6 is 22.9 Å². The van der Waals surface area contributed by atoms with Crippen molar-refractivity contribution >= 4 is 44.0 Å². The number of carbonyl (C=O) groups excluding carboxylic acids is 1. The first-order chi connectivity index (χ1) is 14.6. The molecule has 0 saturated carbocycles. The van der Waals surface area contributed by atoms with Gasteiger partial charge in [-0.3, -0.25) is 4.79 Å². The van der Waals surface area contributed by atoms with Crippen LogP contribution < -0.4 is 5.32 Å². The van der Waals surface area contributed by atoms with E-state index in [9.17, 15) is 13.2 Å². The average molecular weight is 478 g/mol. The van der Waals surface area contributed by atoms with Crippen molar-refractivity contribution in [1.29, 1.82) is 0 Å². The van der Waals surface area contributed by atoms with Gasteiger partial charge in [0.25, 0.3) is 0 Å². The Kier molecular flexibility index (Phi) is 5.82. The summed E-state index contributed by atoms with van der Waals surface area (Å²) in [5, 5.41) is 3.76. The van der Waals surface area contributed by atoms with Gasteiger partial charge in [-0.05, 0) is 36.1 Å². The predicted molar refractivity (Wildman–Crippen MR) is 122 cm³/mol. The molecule has 0 spiro atoms. The zero-order valence-electron chi connectivity index (χ0n) is 17.1. The lowest BCUT2D eigenvalue weighted by Gasteiger charge is -2.16. The van der Waals surface area contributed by atoms with E-state index in [2.05, 4.69) is 15.3 Å². The summed E-state index contributed by atoms with van der Waals surface area (Å²) in [5.74, 6) is 0.285. The van der Waals surface area contributed by atoms with Crippen LogP contribution in [0.3, 0.4) is 0 Å². The second-order valence-corrected chi connectivity index (χ2v) is 10.9. The number of nitrogens with zero attached hydrogens (tertiary/aromatic N) is 4. The molecule has 0 radical (unpaired) electrons. The molecule has 1 aliphatic carbocycles. The molecular weight excluding hydrogens is 458 g/mol. The molecule has 11 heteroatoms. The number of amides is 1. The van der Waals surface area contributed by atoms with E-state index in [1.807, 2.05) is 6.07 Å². The van der Waals surface area contributed by atoms with E-state index in [0.717, 1.165) is 46.5 Å². The van der Waals surface area contributed by atoms with Crippen LogP contribution in [0.4, 0.5) is 5.13 Å². The molecule has 0 saturated heterocycles. The summed E-state index contributed by atoms with van der Waals surface area (Å²) in [6.07, 6.45) is 4.48. The van der Waals surface area contributed by atoms with Gasteiger partial charge in [-0.25, -0.2) is 27.7 Å². The third-order valence-corrected chi connectivity index (χ3v) is 7.54. The second kappa shape index (κ2) is 8.27. The van der Waals surface area contributed by atoms with Crippen LogP contribution in [0.25, 0.3) is 22.0 Å². The van der Waals surface area contributed by atoms with Gasteiger partial charge >= 0.3 is 0 Å². The Hall–Kier alpha value is -2.40. The summed E-state index contributed by atoms with van der Waals surface area (Å²) in [7, 11) is -1.78. The van der Waals surface area contributed by atoms with Crippen LogP contribution in [0.2, 0.25) is 5.02 Å². The smallest absolute Gasteiger partial charge is 0.223 e. The van der Waals surface area contributed by atoms with Crippen molar-refractivity contribution in [2.24, 2.45) is 0 Å². The summed E-state index contributed by atoms with van der Waals surface area (Å²) in [6.45, 7) is 1.66. The SMILES string of the molecule is CC(=O)Nc1nc2c(s1)-c1nc(-c3cc(CN(C)S(C)(=O)=O)ccc3Cl)ncc1CC2. The van der Waals surface area contributed by atoms with Gasteiger partial charge in [0.05, 0.1) is 27.5 Å². The number of aryl methyl sites for hydroxylation is 2. The second-order valence-electron chi connectivity index (χ2n) is 7.38. The van der Waals surface area contributed by atoms with E-state index in [0.29, 0.717) is 21.5 Å². The van der Waals surface area contributed by atoms with Crippen molar-refractivity contribution in [2.45, 2.75) is 26.3 Å². The minimum atomic E-state index is -3.31. The quantitative estimate of drug-likeness (QED) is 0.604. The lowest BCUT2D eigenvalue weighted by atomic mass is 9.99. The number of fused-ring (bicyclic) bond motifs is 3. The molecule has 3 aromatic rings. The highest BCUT2D eigenvalue weighted by Gasteiger charge is 2.24. The van der Waals surface area contributed by atoms with E-state index in [1.54, 1.807) is 18.3 Å². The number of aromatic nitrogens is 3. The largest absolute Gasteiger partial charge is 0.302 e. The van der Waals surface area contributed by atoms with E-state index in [1.165, 1.54) is 29.6 Å². The summed E-state index contributed by atoms with van der Waals surface area (Å²) >= 11 is 7.82. The summed E-state index contributed by atoms with van der Waals surface area (Å²) in [4.78, 5) is 26.1. The van der Waals surface area contributed by atoms with Crippen LogP contribution in [-0.2, 0) is 34.2 Å². The summed E-state index contributed by atoms with van der Waals surface area (Å²) in [5.41, 5.74) is 4.11. The number of halogens is 1. The Morgan fingerprint density at radius 2 is 2.06 bits per heavy atom. The summed E-state index contributed by atoms with van der Waals surface area (Å²) < 4.78 is 24.8. The third-order valence-electron chi connectivity index (χ3n) is 4.93. The van der Waals surface area contributed by atoms with Gasteiger partial charge in [0, 0.05) is 32.3 Å². The van der Waals surface area contributed by atoms with E-state index >= 15 is 0 Å². The van der Waals surface area contributed by atoms with Gasteiger partial charge in [-0.1, -0.05) is 29.0 Å². The number of hydrogen-bond acceptors (Lipinski definition) is 7. The number of hydrogen-bond donors (Lipinski definition) is 1. The van der Waals surface area contributed by atoms with Gasteiger partial charge in [-0.2, -0.15) is 0 Å². The first kappa shape index (κ1) is 21.8. The number of benzene rings is 1. The lowest BCUT2D eigenvalue weighted by Crippen LogP contribution is -2.24. The first-order valence-electron chi connectivity index (χ1n) is 9.45. The Bertz CT molecular complexity index is 1290. The highest BCUT2D eigenvalue weighted by Crippen LogP contribution is 2.39. The molecule has 162 valence electrons. The maximum atomic E-state index is 11.7. The molecule has 2 heterocycles. The minimum absolute atomic E-state index is 0.169. The first-order valence-corrected chi connectivity index (χ1v) is 12.5. The van der Waals surface area contributed by atoms with Gasteiger partial charge in [0.15, 0.2) is 11.0 Å². The number of thiazole rings is 1. The molecule has 0 unspecified atom stereocenters. The van der Waals surface area contributed by atoms with Crippen LogP contribution in [0, 0.1) is 0 Å². The number of carbonyl (C=O) groups is 1. The highest BCUT2D eigenvalue weighted by atomic mass is 35.5. The fraction of sp³-hybridized carbons (Fsp3) is 0.300. The number of nitrogens with one attached hydrogen (secondary N) is 1. The molecule has 1 aliphatic rings. The van der Waals surface area contributed by atoms with Crippen molar-refractivity contribution in [1.82, 2.24) is 19.3 Å². The molecule has 31 heavy (non-hydrogen) atoms. The average Bonchev–Trinajstić information content (AvgIpc) is 3.10. The number of anilines is 1. The fourth-order valence-electron chi connectivity index (χ4n) is 3.30. The zero-order valence-corrected chi connectivity index (χ0v) is 19.5. The van der Waals surface area contributed by atoms with E-state index in [4.69, 9.17) is 16.6 Å². The molecule has 0 bridgehead atoms. The van der Waals surface area contributed by atoms with Crippen LogP contribution in [-0.4, -0.2) is 46.9 Å². The normalized spacial score (nSPS) is 13.1. The summed E-state index contributed by atoms with van der Waals surface area (Å²) in [6, 6.07) is 5.32. The zero-order chi connectivity index (χ0) is 22.3. The molecule has 4 rings (SSSR count). The van der Waals surface area contributed by atoms with Crippen LogP contribution in [0.5, 0.6) is 0 Å². The predicted octanol–water partition coefficient (Wildman–Crippen LogP) is 3.37. The Morgan fingerprint density at radius 1 is 1.29 bits per heavy atom. The minimum Gasteiger partial charge on any atom is -0.302 e. The maximum absolute atomic E-state index is 11.7. The third kappa shape index (κ3) is 4.62. The van der Waals surface area contributed by atoms with Crippen LogP contribution in [0.1, 0.15) is 23.7 Å². The molecular formula is C20H20ClN5O3S2. The molecule has 1 amide bonds. The van der Waals surface area contributed by atoms with Crippen molar-refractivity contribution in [3.63, 3.8) is 0 Å². The molecule has 1 aromatic carbocycles. The molecule has 0 aliphatic heterocycles. The standard InChI is InChI=1S/C20H20ClN5O3S2/c1-11(27)23-20-24-16-7-5-13-9-22-19(25-17(13)18(16)30-20)14-8-12(4-6-15(14)21)10-26(2)31(3,28)29/h4,6,8-9H,5,7,10H2,1-3H3,(H,23,24,27). The monoisotopic (exact) mass is 477 g/mol. The lowest BCUT2D eigenvalue weighted by molar-refractivity contribution is -0.114. The highest BCUT2D eigenvalue weighted by molar-refractivity contribution is 7.88. The molecule has 0 atom stereocenters. The van der Waals surface area contributed by atoms with Gasteiger partial charge < -0.3 is 5.32 Å². The van der Waals surface area contributed by atoms with Gasteiger partial charge in [0.1, 0.15) is 0 Å². The van der Waals surface area contributed by atoms with Crippen molar-refractivity contribution in [3.8, 4) is 22.0 Å². The van der Waals surface area contributed by atoms with Gasteiger partial charge in [-0.15, -0.1) is 0 Å². The topological polar surface area (TPSA) is 105 Å². The van der Waals surface area contributed by atoms with Gasteiger partial charge in [0.2, 0.25) is 15.9 Å². The van der Waals surface area contributed by atoms with E-state index < -0.39 is 10.0 Å². The van der Waals surface area contributed by atoms with Crippen molar-refractivity contribution < 1.29 is 13.2 Å².